The van der Waals surface area contributed by atoms with Crippen molar-refractivity contribution in [2.75, 3.05) is 6.54 Å². The summed E-state index contributed by atoms with van der Waals surface area (Å²) in [5.74, 6) is -1.37. The number of aromatic nitrogens is 4. The summed E-state index contributed by atoms with van der Waals surface area (Å²) in [6.45, 7) is 15.7. The summed E-state index contributed by atoms with van der Waals surface area (Å²) < 4.78 is 40.9. The molecule has 1 unspecified atom stereocenters. The maximum absolute atomic E-state index is 13.1. The standard InChI is InChI=1S/C21H33F3N6O/c1-7-17(31)26-19(4,5)13-20(6,18-27-28-29-30(18)12-14(2)3)25-11-10-15-8-9-16(15)21(22,23)24/h7,15-16,25H,1-2,8-13H2,3-6H3,(H,26,31)/t15-,16+,20?/m0/s1. The van der Waals surface area contributed by atoms with Crippen LogP contribution >= 0.6 is 0 Å². The Morgan fingerprint density at radius 3 is 2.48 bits per heavy atom. The molecule has 2 N–H and O–H groups in total. The van der Waals surface area contributed by atoms with E-state index in [1.54, 1.807) is 4.68 Å². The van der Waals surface area contributed by atoms with Crippen LogP contribution in [0.3, 0.4) is 0 Å². The molecule has 1 fully saturated rings. The van der Waals surface area contributed by atoms with Crippen molar-refractivity contribution in [1.82, 2.24) is 30.8 Å². The van der Waals surface area contributed by atoms with Gasteiger partial charge in [-0.3, -0.25) is 4.79 Å². The van der Waals surface area contributed by atoms with Crippen LogP contribution in [0.15, 0.2) is 24.8 Å². The van der Waals surface area contributed by atoms with E-state index in [4.69, 9.17) is 0 Å². The molecular weight excluding hydrogens is 409 g/mol. The molecule has 1 amide bonds. The molecular formula is C21H33F3N6O. The van der Waals surface area contributed by atoms with Crippen LogP contribution < -0.4 is 10.6 Å². The lowest BCUT2D eigenvalue weighted by Gasteiger charge is -2.40. The summed E-state index contributed by atoms with van der Waals surface area (Å²) in [6.07, 6.45) is -1.36. The van der Waals surface area contributed by atoms with Crippen LogP contribution in [0.4, 0.5) is 13.2 Å². The van der Waals surface area contributed by atoms with Gasteiger partial charge in [-0.15, -0.1) is 5.10 Å². The molecule has 31 heavy (non-hydrogen) atoms. The van der Waals surface area contributed by atoms with Crippen molar-refractivity contribution in [2.24, 2.45) is 11.8 Å². The van der Waals surface area contributed by atoms with Crippen molar-refractivity contribution in [3.8, 4) is 0 Å². The van der Waals surface area contributed by atoms with E-state index in [9.17, 15) is 18.0 Å². The molecule has 10 heteroatoms. The summed E-state index contributed by atoms with van der Waals surface area (Å²) in [5, 5.41) is 18.3. The second-order valence-corrected chi connectivity index (χ2v) is 9.40. The number of alkyl halides is 3. The minimum atomic E-state index is -4.14. The Kier molecular flexibility index (Phi) is 7.67. The van der Waals surface area contributed by atoms with Crippen molar-refractivity contribution >= 4 is 5.91 Å². The van der Waals surface area contributed by atoms with E-state index >= 15 is 0 Å². The number of hydrogen-bond donors (Lipinski definition) is 2. The van der Waals surface area contributed by atoms with Crippen molar-refractivity contribution < 1.29 is 18.0 Å². The number of halogens is 3. The molecule has 2 rings (SSSR count). The number of hydrogen-bond acceptors (Lipinski definition) is 5. The first-order valence-electron chi connectivity index (χ1n) is 10.4. The number of carbonyl (C=O) groups is 1. The van der Waals surface area contributed by atoms with Crippen molar-refractivity contribution in [1.29, 1.82) is 0 Å². The highest BCUT2D eigenvalue weighted by molar-refractivity contribution is 5.87. The highest BCUT2D eigenvalue weighted by atomic mass is 19.4. The van der Waals surface area contributed by atoms with Gasteiger partial charge in [0.15, 0.2) is 5.82 Å². The molecule has 0 aromatic carbocycles. The van der Waals surface area contributed by atoms with E-state index in [-0.39, 0.29) is 18.2 Å². The summed E-state index contributed by atoms with van der Waals surface area (Å²) in [6, 6.07) is 0. The van der Waals surface area contributed by atoms with E-state index in [1.165, 1.54) is 6.08 Å². The van der Waals surface area contributed by atoms with Gasteiger partial charge in [0, 0.05) is 5.54 Å². The van der Waals surface area contributed by atoms with Gasteiger partial charge in [-0.1, -0.05) is 18.7 Å². The predicted octanol–water partition coefficient (Wildman–Crippen LogP) is 3.50. The molecule has 174 valence electrons. The third kappa shape index (κ3) is 6.62. The van der Waals surface area contributed by atoms with Gasteiger partial charge in [-0.2, -0.15) is 13.2 Å². The number of rotatable bonds is 11. The Bertz CT molecular complexity index is 803. The van der Waals surface area contributed by atoms with Gasteiger partial charge >= 0.3 is 6.18 Å². The van der Waals surface area contributed by atoms with E-state index in [2.05, 4.69) is 39.3 Å². The molecule has 1 aromatic rings. The monoisotopic (exact) mass is 442 g/mol. The minimum absolute atomic E-state index is 0.197. The van der Waals surface area contributed by atoms with Crippen molar-refractivity contribution in [2.45, 2.75) is 77.2 Å². The number of nitrogens with zero attached hydrogens (tertiary/aromatic N) is 4. The van der Waals surface area contributed by atoms with Crippen LogP contribution in [0, 0.1) is 11.8 Å². The fourth-order valence-corrected chi connectivity index (χ4v) is 4.37. The molecule has 3 atom stereocenters. The SMILES string of the molecule is C=CC(=O)NC(C)(C)CC(C)(NCC[C@@H]1CC[C@H]1C(F)(F)F)c1nnnn1CC(=C)C. The molecule has 1 heterocycles. The van der Waals surface area contributed by atoms with Crippen LogP contribution in [0.25, 0.3) is 0 Å². The van der Waals surface area contributed by atoms with E-state index in [1.807, 2.05) is 27.7 Å². The Morgan fingerprint density at radius 1 is 1.29 bits per heavy atom. The molecule has 1 aliphatic carbocycles. The first-order chi connectivity index (χ1) is 14.3. The van der Waals surface area contributed by atoms with Gasteiger partial charge in [0.2, 0.25) is 5.91 Å². The first kappa shape index (κ1) is 25.0. The largest absolute Gasteiger partial charge is 0.392 e. The zero-order valence-corrected chi connectivity index (χ0v) is 18.7. The quantitative estimate of drug-likeness (QED) is 0.405. The molecule has 0 saturated heterocycles. The van der Waals surface area contributed by atoms with Gasteiger partial charge in [-0.25, -0.2) is 4.68 Å². The summed E-state index contributed by atoms with van der Waals surface area (Å²) in [7, 11) is 0. The fraction of sp³-hybridized carbons (Fsp3) is 0.714. The molecule has 0 spiro atoms. The molecule has 1 aliphatic rings. The second kappa shape index (κ2) is 9.50. The number of amides is 1. The highest BCUT2D eigenvalue weighted by Crippen LogP contribution is 2.47. The van der Waals surface area contributed by atoms with E-state index in [0.29, 0.717) is 38.2 Å². The van der Waals surface area contributed by atoms with Gasteiger partial charge < -0.3 is 10.6 Å². The average molecular weight is 443 g/mol. The summed E-state index contributed by atoms with van der Waals surface area (Å²) >= 11 is 0. The molecule has 0 aliphatic heterocycles. The van der Waals surface area contributed by atoms with Gasteiger partial charge in [0.1, 0.15) is 0 Å². The Hall–Kier alpha value is -2.23. The number of carbonyl (C=O) groups excluding carboxylic acids is 1. The Morgan fingerprint density at radius 2 is 1.97 bits per heavy atom. The van der Waals surface area contributed by atoms with Crippen molar-refractivity contribution in [3.63, 3.8) is 0 Å². The van der Waals surface area contributed by atoms with Crippen molar-refractivity contribution in [3.05, 3.63) is 30.6 Å². The topological polar surface area (TPSA) is 84.7 Å². The summed E-state index contributed by atoms with van der Waals surface area (Å²) in [4.78, 5) is 11.9. The highest BCUT2D eigenvalue weighted by Gasteiger charge is 2.49. The van der Waals surface area contributed by atoms with Gasteiger partial charge in [-0.05, 0) is 82.3 Å². The number of tetrazole rings is 1. The van der Waals surface area contributed by atoms with E-state index in [0.717, 1.165) is 5.57 Å². The van der Waals surface area contributed by atoms with Crippen LogP contribution in [0.1, 0.15) is 59.2 Å². The van der Waals surface area contributed by atoms with Crippen LogP contribution in [0.5, 0.6) is 0 Å². The number of nitrogens with one attached hydrogen (secondary N) is 2. The fourth-order valence-electron chi connectivity index (χ4n) is 4.37. The lowest BCUT2D eigenvalue weighted by atomic mass is 9.71. The zero-order chi connectivity index (χ0) is 23.4. The summed E-state index contributed by atoms with van der Waals surface area (Å²) in [5.41, 5.74) is -0.593. The minimum Gasteiger partial charge on any atom is -0.348 e. The Balaban J connectivity index is 2.20. The maximum Gasteiger partial charge on any atom is 0.392 e. The second-order valence-electron chi connectivity index (χ2n) is 9.40. The first-order valence-corrected chi connectivity index (χ1v) is 10.4. The predicted molar refractivity (Wildman–Crippen MR) is 112 cm³/mol. The molecule has 0 radical (unpaired) electrons. The van der Waals surface area contributed by atoms with Gasteiger partial charge in [0.05, 0.1) is 18.0 Å². The third-order valence-corrected chi connectivity index (χ3v) is 5.76. The smallest absolute Gasteiger partial charge is 0.348 e. The average Bonchev–Trinajstić information content (AvgIpc) is 3.03. The molecule has 1 aromatic heterocycles. The lowest BCUT2D eigenvalue weighted by Crippen LogP contribution is -2.53. The van der Waals surface area contributed by atoms with Gasteiger partial charge in [0.25, 0.3) is 0 Å². The van der Waals surface area contributed by atoms with Crippen LogP contribution in [-0.2, 0) is 16.9 Å². The molecule has 7 nitrogen and oxygen atoms in total. The van der Waals surface area contributed by atoms with Crippen LogP contribution in [0.2, 0.25) is 0 Å². The van der Waals surface area contributed by atoms with E-state index < -0.39 is 23.2 Å². The molecule has 0 bridgehead atoms. The molecule has 1 saturated carbocycles. The normalized spacial score (nSPS) is 21.1. The number of allylic oxidation sites excluding steroid dienone is 1. The lowest BCUT2D eigenvalue weighted by molar-refractivity contribution is -0.213. The third-order valence-electron chi connectivity index (χ3n) is 5.76. The Labute approximate surface area is 181 Å². The maximum atomic E-state index is 13.1. The van der Waals surface area contributed by atoms with Crippen LogP contribution in [-0.4, -0.2) is 44.4 Å². The zero-order valence-electron chi connectivity index (χ0n) is 18.7.